The third-order valence-corrected chi connectivity index (χ3v) is 7.09. The molecule has 0 saturated heterocycles. The number of hydrogen-bond donors (Lipinski definition) is 2. The van der Waals surface area contributed by atoms with E-state index in [0.29, 0.717) is 23.6 Å². The summed E-state index contributed by atoms with van der Waals surface area (Å²) in [6, 6.07) is 11.2. The van der Waals surface area contributed by atoms with Crippen molar-refractivity contribution < 1.29 is 27.1 Å². The SMILES string of the molecule is CC(C)COc1cc(F)cc(-c2ccc(C(=O)NS(=O)(=O)c3cccc(N)n3)c(OC3(C)CCC3)n2)c1. The second-order valence-electron chi connectivity index (χ2n) is 9.67. The lowest BCUT2D eigenvalue weighted by molar-refractivity contribution is 0.00664. The minimum atomic E-state index is -4.31. The van der Waals surface area contributed by atoms with Gasteiger partial charge in [-0.15, -0.1) is 0 Å². The van der Waals surface area contributed by atoms with E-state index in [4.69, 9.17) is 15.2 Å². The zero-order valence-corrected chi connectivity index (χ0v) is 21.6. The van der Waals surface area contributed by atoms with Crippen LogP contribution in [-0.2, 0) is 10.0 Å². The van der Waals surface area contributed by atoms with Crippen molar-refractivity contribution in [3.8, 4) is 22.9 Å². The van der Waals surface area contributed by atoms with Gasteiger partial charge in [-0.1, -0.05) is 19.9 Å². The Bertz CT molecular complexity index is 1420. The zero-order chi connectivity index (χ0) is 26.8. The molecule has 0 spiro atoms. The van der Waals surface area contributed by atoms with Gasteiger partial charge in [-0.25, -0.2) is 19.1 Å². The Morgan fingerprint density at radius 1 is 1.16 bits per heavy atom. The number of amides is 1. The fraction of sp³-hybridized carbons (Fsp3) is 0.346. The second-order valence-corrected chi connectivity index (χ2v) is 11.3. The Balaban J connectivity index is 1.68. The van der Waals surface area contributed by atoms with Gasteiger partial charge in [-0.05, 0) is 68.5 Å². The number of anilines is 1. The van der Waals surface area contributed by atoms with E-state index in [1.54, 1.807) is 6.07 Å². The van der Waals surface area contributed by atoms with Gasteiger partial charge < -0.3 is 15.2 Å². The molecule has 9 nitrogen and oxygen atoms in total. The van der Waals surface area contributed by atoms with Crippen LogP contribution in [0.4, 0.5) is 10.2 Å². The molecular formula is C26H29FN4O5S. The molecule has 4 rings (SSSR count). The number of hydrogen-bond acceptors (Lipinski definition) is 8. The summed E-state index contributed by atoms with van der Waals surface area (Å²) < 4.78 is 53.6. The molecule has 2 aromatic heterocycles. The lowest BCUT2D eigenvalue weighted by Gasteiger charge is -2.38. The Hall–Kier alpha value is -3.73. The monoisotopic (exact) mass is 528 g/mol. The number of nitrogen functional groups attached to an aromatic ring is 1. The smallest absolute Gasteiger partial charge is 0.281 e. The van der Waals surface area contributed by atoms with Crippen LogP contribution >= 0.6 is 0 Å². The molecule has 0 atom stereocenters. The third kappa shape index (κ3) is 6.34. The summed E-state index contributed by atoms with van der Waals surface area (Å²) in [5, 5.41) is -0.396. The molecule has 0 aliphatic heterocycles. The van der Waals surface area contributed by atoms with Crippen LogP contribution in [0.5, 0.6) is 11.6 Å². The van der Waals surface area contributed by atoms with E-state index in [9.17, 15) is 17.6 Å². The number of ether oxygens (including phenoxy) is 2. The quantitative estimate of drug-likeness (QED) is 0.419. The first-order valence-corrected chi connectivity index (χ1v) is 13.4. The highest BCUT2D eigenvalue weighted by Gasteiger charge is 2.36. The molecule has 1 aliphatic rings. The molecule has 1 aliphatic carbocycles. The molecule has 11 heteroatoms. The van der Waals surface area contributed by atoms with E-state index >= 15 is 0 Å². The van der Waals surface area contributed by atoms with E-state index in [2.05, 4.69) is 9.97 Å². The summed E-state index contributed by atoms with van der Waals surface area (Å²) in [4.78, 5) is 21.3. The Labute approximate surface area is 215 Å². The van der Waals surface area contributed by atoms with Crippen LogP contribution in [-0.4, -0.2) is 36.5 Å². The zero-order valence-electron chi connectivity index (χ0n) is 20.8. The number of aromatic nitrogens is 2. The molecule has 1 fully saturated rings. The van der Waals surface area contributed by atoms with Gasteiger partial charge in [0.05, 0.1) is 12.3 Å². The molecule has 3 N–H and O–H groups in total. The highest BCUT2D eigenvalue weighted by molar-refractivity contribution is 7.90. The molecule has 2 heterocycles. The number of carbonyl (C=O) groups excluding carboxylic acids is 1. The first-order valence-electron chi connectivity index (χ1n) is 11.9. The molecule has 1 aromatic carbocycles. The van der Waals surface area contributed by atoms with E-state index in [1.165, 1.54) is 42.5 Å². The lowest BCUT2D eigenvalue weighted by Crippen LogP contribution is -2.41. The van der Waals surface area contributed by atoms with E-state index < -0.39 is 32.4 Å². The van der Waals surface area contributed by atoms with Crippen LogP contribution in [0.2, 0.25) is 0 Å². The maximum Gasteiger partial charge on any atom is 0.281 e. The fourth-order valence-corrected chi connectivity index (χ4v) is 4.67. The number of benzene rings is 1. The Kier molecular flexibility index (Phi) is 7.35. The van der Waals surface area contributed by atoms with Gasteiger partial charge in [0.25, 0.3) is 15.9 Å². The van der Waals surface area contributed by atoms with Gasteiger partial charge in [0.1, 0.15) is 28.5 Å². The van der Waals surface area contributed by atoms with Gasteiger partial charge in [0.15, 0.2) is 5.03 Å². The predicted molar refractivity (Wildman–Crippen MR) is 136 cm³/mol. The molecule has 196 valence electrons. The normalized spacial score (nSPS) is 14.6. The third-order valence-electron chi connectivity index (χ3n) is 5.86. The summed E-state index contributed by atoms with van der Waals surface area (Å²) in [5.41, 5.74) is 5.71. The van der Waals surface area contributed by atoms with Crippen LogP contribution in [0.15, 0.2) is 53.6 Å². The molecule has 0 unspecified atom stereocenters. The number of sulfonamides is 1. The second kappa shape index (κ2) is 10.3. The summed E-state index contributed by atoms with van der Waals surface area (Å²) in [6.07, 6.45) is 2.45. The standard InChI is InChI=1S/C26H29FN4O5S/c1-16(2)15-35-19-13-17(12-18(27)14-19)21-9-8-20(25(29-21)36-26(3)10-5-11-26)24(32)31-37(33,34)23-7-4-6-22(28)30-23/h4,6-9,12-14,16H,5,10-11,15H2,1-3H3,(H2,28,30)(H,31,32). The number of rotatable bonds is 9. The highest BCUT2D eigenvalue weighted by atomic mass is 32.2. The number of nitrogens with one attached hydrogen (secondary N) is 1. The average molecular weight is 529 g/mol. The minimum Gasteiger partial charge on any atom is -0.493 e. The number of nitrogens with zero attached hydrogens (tertiary/aromatic N) is 2. The van der Waals surface area contributed by atoms with Crippen LogP contribution in [0.3, 0.4) is 0 Å². The van der Waals surface area contributed by atoms with Crippen LogP contribution in [0.1, 0.15) is 50.4 Å². The number of carbonyl (C=O) groups is 1. The molecule has 37 heavy (non-hydrogen) atoms. The van der Waals surface area contributed by atoms with Crippen molar-refractivity contribution in [2.75, 3.05) is 12.3 Å². The molecule has 3 aromatic rings. The van der Waals surface area contributed by atoms with Gasteiger partial charge in [0.2, 0.25) is 5.88 Å². The first-order chi connectivity index (χ1) is 17.4. The number of pyridine rings is 2. The van der Waals surface area contributed by atoms with Crippen molar-refractivity contribution in [2.45, 2.75) is 50.7 Å². The maximum absolute atomic E-state index is 14.4. The molecule has 0 radical (unpaired) electrons. The number of nitrogens with two attached hydrogens (primary N) is 1. The summed E-state index contributed by atoms with van der Waals surface area (Å²) in [7, 11) is -4.31. The van der Waals surface area contributed by atoms with Crippen molar-refractivity contribution in [2.24, 2.45) is 5.92 Å². The van der Waals surface area contributed by atoms with Crippen molar-refractivity contribution in [1.29, 1.82) is 0 Å². The van der Waals surface area contributed by atoms with Crippen LogP contribution in [0, 0.1) is 11.7 Å². The maximum atomic E-state index is 14.4. The predicted octanol–water partition coefficient (Wildman–Crippen LogP) is 4.34. The fourth-order valence-electron chi connectivity index (χ4n) is 3.73. The summed E-state index contributed by atoms with van der Waals surface area (Å²) in [5.74, 6) is -0.904. The average Bonchev–Trinajstić information content (AvgIpc) is 2.81. The first kappa shape index (κ1) is 26.3. The molecule has 1 amide bonds. The van der Waals surface area contributed by atoms with E-state index in [1.807, 2.05) is 25.5 Å². The summed E-state index contributed by atoms with van der Waals surface area (Å²) in [6.45, 7) is 6.27. The van der Waals surface area contributed by atoms with Crippen LogP contribution < -0.4 is 19.9 Å². The van der Waals surface area contributed by atoms with Crippen molar-refractivity contribution in [3.05, 3.63) is 59.9 Å². The topological polar surface area (TPSA) is 134 Å². The van der Waals surface area contributed by atoms with Gasteiger partial charge in [-0.2, -0.15) is 8.42 Å². The van der Waals surface area contributed by atoms with Crippen molar-refractivity contribution >= 4 is 21.7 Å². The minimum absolute atomic E-state index is 0.00453. The van der Waals surface area contributed by atoms with E-state index in [0.717, 1.165) is 19.3 Å². The lowest BCUT2D eigenvalue weighted by atomic mass is 9.82. The van der Waals surface area contributed by atoms with Crippen LogP contribution in [0.25, 0.3) is 11.3 Å². The van der Waals surface area contributed by atoms with Gasteiger partial charge in [-0.3, -0.25) is 4.79 Å². The highest BCUT2D eigenvalue weighted by Crippen LogP contribution is 2.37. The van der Waals surface area contributed by atoms with E-state index in [-0.39, 0.29) is 23.2 Å². The number of halogens is 1. The molecular weight excluding hydrogens is 499 g/mol. The van der Waals surface area contributed by atoms with Gasteiger partial charge >= 0.3 is 0 Å². The van der Waals surface area contributed by atoms with Gasteiger partial charge in [0, 0.05) is 11.6 Å². The summed E-state index contributed by atoms with van der Waals surface area (Å²) >= 11 is 0. The molecule has 1 saturated carbocycles. The Morgan fingerprint density at radius 2 is 1.92 bits per heavy atom. The largest absolute Gasteiger partial charge is 0.493 e. The van der Waals surface area contributed by atoms with Crippen molar-refractivity contribution in [1.82, 2.24) is 14.7 Å². The Morgan fingerprint density at radius 3 is 2.57 bits per heavy atom. The van der Waals surface area contributed by atoms with Crippen molar-refractivity contribution in [3.63, 3.8) is 0 Å². The molecule has 0 bridgehead atoms.